The van der Waals surface area contributed by atoms with Crippen LogP contribution in [0.2, 0.25) is 0 Å². The molecule has 0 aromatic carbocycles. The molecule has 0 bridgehead atoms. The maximum Gasteiger partial charge on any atom is 0.472 e. The number of allylic oxidation sites excluding steroid dienone is 6. The number of carbonyl (C=O) groups is 2. The summed E-state index contributed by atoms with van der Waals surface area (Å²) in [7, 11) is -4.38. The predicted octanol–water partition coefficient (Wildman–Crippen LogP) is 14.1. The summed E-state index contributed by atoms with van der Waals surface area (Å²) >= 11 is 0. The largest absolute Gasteiger partial charge is 0.472 e. The normalized spacial score (nSPS) is 13.5. The van der Waals surface area contributed by atoms with Crippen molar-refractivity contribution < 1.29 is 37.6 Å². The van der Waals surface area contributed by atoms with Gasteiger partial charge in [-0.3, -0.25) is 18.6 Å². The van der Waals surface area contributed by atoms with Crippen molar-refractivity contribution in [3.05, 3.63) is 36.5 Å². The van der Waals surface area contributed by atoms with Crippen LogP contribution in [0.25, 0.3) is 0 Å². The van der Waals surface area contributed by atoms with Crippen LogP contribution in [0.5, 0.6) is 0 Å². The number of rotatable bonds is 45. The maximum absolute atomic E-state index is 12.6. The summed E-state index contributed by atoms with van der Waals surface area (Å²) in [4.78, 5) is 34.9. The van der Waals surface area contributed by atoms with Crippen LogP contribution < -0.4 is 5.73 Å². The van der Waals surface area contributed by atoms with E-state index in [1.54, 1.807) is 0 Å². The summed E-state index contributed by atoms with van der Waals surface area (Å²) in [6.45, 7) is 3.72. The first-order valence-corrected chi connectivity index (χ1v) is 25.5. The molecule has 0 saturated heterocycles. The molecule has 0 spiro atoms. The Morgan fingerprint density at radius 1 is 0.517 bits per heavy atom. The van der Waals surface area contributed by atoms with E-state index < -0.39 is 26.5 Å². The molecular formula is C48H90NO8P. The molecule has 0 radical (unpaired) electrons. The van der Waals surface area contributed by atoms with Gasteiger partial charge in [0.25, 0.3) is 0 Å². The van der Waals surface area contributed by atoms with E-state index in [-0.39, 0.29) is 38.6 Å². The van der Waals surface area contributed by atoms with Crippen molar-refractivity contribution in [3.8, 4) is 0 Å². The number of phosphoric ester groups is 1. The van der Waals surface area contributed by atoms with Crippen LogP contribution in [0, 0.1) is 0 Å². The van der Waals surface area contributed by atoms with E-state index in [2.05, 4.69) is 50.3 Å². The highest BCUT2D eigenvalue weighted by Gasteiger charge is 2.26. The minimum atomic E-state index is -4.38. The molecule has 0 amide bonds. The van der Waals surface area contributed by atoms with Crippen molar-refractivity contribution in [1.82, 2.24) is 0 Å². The van der Waals surface area contributed by atoms with Gasteiger partial charge in [-0.1, -0.05) is 179 Å². The minimum Gasteiger partial charge on any atom is -0.462 e. The molecule has 0 aromatic heterocycles. The molecule has 340 valence electrons. The Morgan fingerprint density at radius 3 is 1.33 bits per heavy atom. The molecule has 0 aliphatic rings. The molecule has 9 nitrogen and oxygen atoms in total. The van der Waals surface area contributed by atoms with Gasteiger partial charge < -0.3 is 20.1 Å². The van der Waals surface area contributed by atoms with Crippen LogP contribution in [0.1, 0.15) is 226 Å². The SMILES string of the molecule is CCCCCCC/C=C\C/C=C\CCCCCCCCCCCCCC(=O)OC(COC(=O)CCCCCCC/C=C\CCCCCCC)COP(=O)(O)OCCN. The third kappa shape index (κ3) is 43.8. The maximum atomic E-state index is 12.6. The Hall–Kier alpha value is -1.77. The van der Waals surface area contributed by atoms with Crippen LogP contribution >= 0.6 is 7.82 Å². The van der Waals surface area contributed by atoms with Gasteiger partial charge in [-0.05, 0) is 70.6 Å². The number of unbranched alkanes of at least 4 members (excludes halogenated alkanes) is 26. The van der Waals surface area contributed by atoms with E-state index in [1.807, 2.05) is 0 Å². The Labute approximate surface area is 356 Å². The van der Waals surface area contributed by atoms with Gasteiger partial charge in [0.05, 0.1) is 13.2 Å². The molecule has 2 atom stereocenters. The van der Waals surface area contributed by atoms with E-state index in [0.717, 1.165) is 64.2 Å². The number of hydrogen-bond acceptors (Lipinski definition) is 8. The average Bonchev–Trinajstić information content (AvgIpc) is 3.21. The van der Waals surface area contributed by atoms with Crippen LogP contribution in [0.4, 0.5) is 0 Å². The highest BCUT2D eigenvalue weighted by Crippen LogP contribution is 2.43. The number of hydrogen-bond donors (Lipinski definition) is 2. The number of phosphoric acid groups is 1. The predicted molar refractivity (Wildman–Crippen MR) is 243 cm³/mol. The number of esters is 2. The zero-order valence-corrected chi connectivity index (χ0v) is 38.4. The van der Waals surface area contributed by atoms with Crippen LogP contribution in [-0.2, 0) is 32.7 Å². The fraction of sp³-hybridized carbons (Fsp3) is 0.833. The highest BCUT2D eigenvalue weighted by molar-refractivity contribution is 7.47. The molecule has 0 aliphatic heterocycles. The molecule has 10 heteroatoms. The first-order valence-electron chi connectivity index (χ1n) is 24.0. The highest BCUT2D eigenvalue weighted by atomic mass is 31.2. The van der Waals surface area contributed by atoms with Crippen molar-refractivity contribution in [2.45, 2.75) is 232 Å². The fourth-order valence-electron chi connectivity index (χ4n) is 6.66. The molecule has 0 fully saturated rings. The van der Waals surface area contributed by atoms with Gasteiger partial charge in [0, 0.05) is 19.4 Å². The zero-order chi connectivity index (χ0) is 42.5. The second-order valence-corrected chi connectivity index (χ2v) is 17.4. The number of ether oxygens (including phenoxy) is 2. The van der Waals surface area contributed by atoms with E-state index in [4.69, 9.17) is 24.3 Å². The molecule has 0 saturated carbocycles. The van der Waals surface area contributed by atoms with Gasteiger partial charge >= 0.3 is 19.8 Å². The van der Waals surface area contributed by atoms with E-state index in [0.29, 0.717) is 6.42 Å². The topological polar surface area (TPSA) is 134 Å². The monoisotopic (exact) mass is 840 g/mol. The third-order valence-corrected chi connectivity index (χ3v) is 11.2. The molecular weight excluding hydrogens is 750 g/mol. The van der Waals surface area contributed by atoms with Crippen LogP contribution in [-0.4, -0.2) is 49.3 Å². The Kier molecular flexibility index (Phi) is 43.4. The number of carbonyl (C=O) groups excluding carboxylic acids is 2. The molecule has 58 heavy (non-hydrogen) atoms. The summed E-state index contributed by atoms with van der Waals surface area (Å²) in [6.07, 6.45) is 50.3. The summed E-state index contributed by atoms with van der Waals surface area (Å²) in [5.41, 5.74) is 5.36. The van der Waals surface area contributed by atoms with Crippen molar-refractivity contribution in [2.75, 3.05) is 26.4 Å². The van der Waals surface area contributed by atoms with Gasteiger partial charge in [0.2, 0.25) is 0 Å². The van der Waals surface area contributed by atoms with E-state index in [9.17, 15) is 19.0 Å². The van der Waals surface area contributed by atoms with E-state index >= 15 is 0 Å². The standard InChI is InChI=1S/C48H90NO8P/c1-3-5-7-9-11-13-15-17-19-20-21-22-23-24-25-26-27-29-31-33-35-37-39-41-48(51)57-46(45-56-58(52,53)55-43-42-49)44-54-47(50)40-38-36-34-32-30-28-18-16-14-12-10-8-6-4-2/h15-18,20-21,46H,3-14,19,22-45,49H2,1-2H3,(H,52,53)/b17-15-,18-16-,21-20-. The van der Waals surface area contributed by atoms with Gasteiger partial charge in [-0.15, -0.1) is 0 Å². The van der Waals surface area contributed by atoms with Gasteiger partial charge in [-0.25, -0.2) is 4.57 Å². The lowest BCUT2D eigenvalue weighted by molar-refractivity contribution is -0.161. The lowest BCUT2D eigenvalue weighted by Gasteiger charge is -2.19. The van der Waals surface area contributed by atoms with Gasteiger partial charge in [0.15, 0.2) is 6.10 Å². The number of nitrogens with two attached hydrogens (primary N) is 1. The second kappa shape index (κ2) is 44.8. The molecule has 2 unspecified atom stereocenters. The van der Waals surface area contributed by atoms with Crippen LogP contribution in [0.15, 0.2) is 36.5 Å². The summed E-state index contributed by atoms with van der Waals surface area (Å²) < 4.78 is 32.8. The van der Waals surface area contributed by atoms with Gasteiger partial charge in [-0.2, -0.15) is 0 Å². The Balaban J connectivity index is 4.06. The molecule has 0 heterocycles. The van der Waals surface area contributed by atoms with Crippen molar-refractivity contribution in [2.24, 2.45) is 5.73 Å². The van der Waals surface area contributed by atoms with Gasteiger partial charge in [0.1, 0.15) is 6.61 Å². The quantitative estimate of drug-likeness (QED) is 0.0266. The minimum absolute atomic E-state index is 0.0521. The lowest BCUT2D eigenvalue weighted by Crippen LogP contribution is -2.29. The fourth-order valence-corrected chi connectivity index (χ4v) is 7.43. The molecule has 0 aromatic rings. The molecule has 0 aliphatic carbocycles. The summed E-state index contributed by atoms with van der Waals surface area (Å²) in [6, 6.07) is 0. The second-order valence-electron chi connectivity index (χ2n) is 16.0. The third-order valence-electron chi connectivity index (χ3n) is 10.2. The first-order chi connectivity index (χ1) is 28.3. The zero-order valence-electron chi connectivity index (χ0n) is 37.5. The van der Waals surface area contributed by atoms with E-state index in [1.165, 1.54) is 128 Å². The Morgan fingerprint density at radius 2 is 0.897 bits per heavy atom. The molecule has 0 rings (SSSR count). The smallest absolute Gasteiger partial charge is 0.462 e. The van der Waals surface area contributed by atoms with Crippen molar-refractivity contribution >= 4 is 19.8 Å². The average molecular weight is 840 g/mol. The summed E-state index contributed by atoms with van der Waals surface area (Å²) in [5.74, 6) is -0.835. The van der Waals surface area contributed by atoms with Crippen molar-refractivity contribution in [3.63, 3.8) is 0 Å². The summed E-state index contributed by atoms with van der Waals surface area (Å²) in [5, 5.41) is 0. The Bertz CT molecular complexity index is 1050. The first kappa shape index (κ1) is 56.2. The van der Waals surface area contributed by atoms with Crippen molar-refractivity contribution in [1.29, 1.82) is 0 Å². The van der Waals surface area contributed by atoms with Crippen LogP contribution in [0.3, 0.4) is 0 Å². The molecule has 3 N–H and O–H groups in total. The lowest BCUT2D eigenvalue weighted by atomic mass is 10.0.